The van der Waals surface area contributed by atoms with Crippen LogP contribution in [0.2, 0.25) is 0 Å². The molecule has 4 rings (SSSR count). The molecule has 0 bridgehead atoms. The van der Waals surface area contributed by atoms with Crippen molar-refractivity contribution in [1.82, 2.24) is 14.8 Å². The molecule has 0 spiro atoms. The third-order valence-electron chi connectivity index (χ3n) is 4.51. The van der Waals surface area contributed by atoms with E-state index in [4.69, 9.17) is 9.72 Å². The highest BCUT2D eigenvalue weighted by Gasteiger charge is 2.15. The fourth-order valence-electron chi connectivity index (χ4n) is 3.12. The second kappa shape index (κ2) is 7.07. The topological polar surface area (TPSA) is 69.0 Å². The van der Waals surface area contributed by atoms with Gasteiger partial charge < -0.3 is 10.1 Å². The van der Waals surface area contributed by atoms with Crippen molar-refractivity contribution in [2.75, 3.05) is 12.4 Å². The average Bonchev–Trinajstić information content (AvgIpc) is 3.03. The van der Waals surface area contributed by atoms with E-state index in [0.717, 1.165) is 33.2 Å². The van der Waals surface area contributed by atoms with Gasteiger partial charge in [-0.2, -0.15) is 5.10 Å². The highest BCUT2D eigenvalue weighted by atomic mass is 16.5. The summed E-state index contributed by atoms with van der Waals surface area (Å²) in [6.07, 6.45) is 0.269. The summed E-state index contributed by atoms with van der Waals surface area (Å²) in [7, 11) is 1.62. The second-order valence-electron chi connectivity index (χ2n) is 6.29. The number of hydrogen-bond acceptors (Lipinski definition) is 4. The Hall–Kier alpha value is -3.41. The van der Waals surface area contributed by atoms with Crippen molar-refractivity contribution >= 4 is 33.7 Å². The molecule has 0 unspecified atom stereocenters. The number of aromatic nitrogens is 3. The van der Waals surface area contributed by atoms with E-state index in [1.54, 1.807) is 7.11 Å². The Kier molecular flexibility index (Phi) is 4.46. The molecular weight excluding hydrogens is 340 g/mol. The zero-order chi connectivity index (χ0) is 18.8. The molecular formula is C21H20N4O2. The summed E-state index contributed by atoms with van der Waals surface area (Å²) in [6.45, 7) is 2.68. The van der Waals surface area contributed by atoms with Gasteiger partial charge in [-0.1, -0.05) is 30.3 Å². The van der Waals surface area contributed by atoms with Crippen molar-refractivity contribution in [3.05, 3.63) is 60.2 Å². The van der Waals surface area contributed by atoms with E-state index in [1.807, 2.05) is 66.2 Å². The first-order chi connectivity index (χ1) is 13.2. The van der Waals surface area contributed by atoms with Crippen LogP contribution in [0.3, 0.4) is 0 Å². The molecule has 2 heterocycles. The molecule has 0 radical (unpaired) electrons. The maximum atomic E-state index is 12.5. The number of methoxy groups -OCH3 is 1. The van der Waals surface area contributed by atoms with E-state index in [-0.39, 0.29) is 12.3 Å². The summed E-state index contributed by atoms with van der Waals surface area (Å²) >= 11 is 0. The third kappa shape index (κ3) is 3.33. The normalized spacial score (nSPS) is 11.0. The fraction of sp³-hybridized carbons (Fsp3) is 0.190. The first-order valence-electron chi connectivity index (χ1n) is 8.87. The van der Waals surface area contributed by atoms with Crippen molar-refractivity contribution in [1.29, 1.82) is 0 Å². The zero-order valence-electron chi connectivity index (χ0n) is 15.3. The van der Waals surface area contributed by atoms with Gasteiger partial charge in [-0.05, 0) is 36.8 Å². The van der Waals surface area contributed by atoms with Crippen LogP contribution in [0.4, 0.5) is 5.82 Å². The number of para-hydroxylation sites is 1. The molecule has 0 atom stereocenters. The van der Waals surface area contributed by atoms with E-state index < -0.39 is 0 Å². The van der Waals surface area contributed by atoms with Crippen LogP contribution in [-0.4, -0.2) is 27.8 Å². The Bertz CT molecular complexity index is 1120. The monoisotopic (exact) mass is 360 g/mol. The number of benzene rings is 2. The van der Waals surface area contributed by atoms with Gasteiger partial charge in [-0.15, -0.1) is 0 Å². The van der Waals surface area contributed by atoms with E-state index in [2.05, 4.69) is 10.4 Å². The number of amides is 1. The number of hydrogen-bond donors (Lipinski definition) is 1. The van der Waals surface area contributed by atoms with Crippen LogP contribution in [-0.2, 0) is 17.8 Å². The van der Waals surface area contributed by atoms with Crippen LogP contribution in [0.5, 0.6) is 5.75 Å². The van der Waals surface area contributed by atoms with Gasteiger partial charge in [-0.3, -0.25) is 4.79 Å². The smallest absolute Gasteiger partial charge is 0.230 e. The lowest BCUT2D eigenvalue weighted by atomic mass is 10.1. The lowest BCUT2D eigenvalue weighted by Gasteiger charge is -2.04. The van der Waals surface area contributed by atoms with Crippen molar-refractivity contribution in [3.63, 3.8) is 0 Å². The van der Waals surface area contributed by atoms with Gasteiger partial charge in [0.15, 0.2) is 11.5 Å². The molecule has 0 fully saturated rings. The van der Waals surface area contributed by atoms with Gasteiger partial charge in [0.1, 0.15) is 5.75 Å². The number of carbonyl (C=O) groups excluding carboxylic acids is 1. The number of fused-ring (bicyclic) bond motifs is 2. The molecule has 0 aliphatic rings. The van der Waals surface area contributed by atoms with Crippen molar-refractivity contribution in [2.45, 2.75) is 19.9 Å². The average molecular weight is 360 g/mol. The summed E-state index contributed by atoms with van der Waals surface area (Å²) in [6, 6.07) is 17.4. The Morgan fingerprint density at radius 1 is 1.15 bits per heavy atom. The van der Waals surface area contributed by atoms with Gasteiger partial charge in [0.05, 0.1) is 24.4 Å². The molecule has 27 heavy (non-hydrogen) atoms. The van der Waals surface area contributed by atoms with Gasteiger partial charge >= 0.3 is 0 Å². The molecule has 6 nitrogen and oxygen atoms in total. The Labute approximate surface area is 156 Å². The molecule has 0 saturated carbocycles. The number of nitrogens with one attached hydrogen (secondary N) is 1. The van der Waals surface area contributed by atoms with E-state index in [9.17, 15) is 4.79 Å². The van der Waals surface area contributed by atoms with E-state index >= 15 is 0 Å². The van der Waals surface area contributed by atoms with Crippen LogP contribution >= 0.6 is 0 Å². The second-order valence-corrected chi connectivity index (χ2v) is 6.29. The standard InChI is InChI=1S/C21H20N4O2/c1-3-25-21-17(13-15-6-4-5-7-18(15)22-21)20(24-25)23-19(26)12-14-8-10-16(27-2)11-9-14/h4-11,13H,3,12H2,1-2H3,(H,23,24,26). The predicted octanol–water partition coefficient (Wildman–Crippen LogP) is 3.79. The lowest BCUT2D eigenvalue weighted by molar-refractivity contribution is -0.115. The minimum Gasteiger partial charge on any atom is -0.497 e. The summed E-state index contributed by atoms with van der Waals surface area (Å²) in [4.78, 5) is 17.2. The highest BCUT2D eigenvalue weighted by molar-refractivity contribution is 6.03. The number of anilines is 1. The van der Waals surface area contributed by atoms with Crippen LogP contribution in [0.1, 0.15) is 12.5 Å². The maximum absolute atomic E-state index is 12.5. The molecule has 0 aliphatic carbocycles. The quantitative estimate of drug-likeness (QED) is 0.588. The van der Waals surface area contributed by atoms with Crippen molar-refractivity contribution in [2.24, 2.45) is 0 Å². The molecule has 1 amide bonds. The summed E-state index contributed by atoms with van der Waals surface area (Å²) in [5.74, 6) is 1.20. The minimum atomic E-state index is -0.115. The predicted molar refractivity (Wildman–Crippen MR) is 106 cm³/mol. The first-order valence-corrected chi connectivity index (χ1v) is 8.87. The fourth-order valence-corrected chi connectivity index (χ4v) is 3.12. The Morgan fingerprint density at radius 2 is 1.93 bits per heavy atom. The van der Waals surface area contributed by atoms with Crippen LogP contribution in [0, 0.1) is 0 Å². The Balaban J connectivity index is 1.64. The molecule has 136 valence electrons. The van der Waals surface area contributed by atoms with E-state index in [1.165, 1.54) is 0 Å². The molecule has 4 aromatic rings. The van der Waals surface area contributed by atoms with Gasteiger partial charge in [-0.25, -0.2) is 9.67 Å². The number of nitrogens with zero attached hydrogens (tertiary/aromatic N) is 3. The van der Waals surface area contributed by atoms with Crippen LogP contribution in [0.25, 0.3) is 21.9 Å². The molecule has 0 aliphatic heterocycles. The number of rotatable bonds is 5. The largest absolute Gasteiger partial charge is 0.497 e. The molecule has 2 aromatic heterocycles. The van der Waals surface area contributed by atoms with Crippen LogP contribution < -0.4 is 10.1 Å². The first kappa shape index (κ1) is 17.0. The lowest BCUT2D eigenvalue weighted by Crippen LogP contribution is -2.15. The number of aryl methyl sites for hydroxylation is 1. The summed E-state index contributed by atoms with van der Waals surface area (Å²) in [5, 5.41) is 9.35. The highest BCUT2D eigenvalue weighted by Crippen LogP contribution is 2.26. The Morgan fingerprint density at radius 3 is 2.67 bits per heavy atom. The SMILES string of the molecule is CCn1nc(NC(=O)Cc2ccc(OC)cc2)c2cc3ccccc3nc21. The summed E-state index contributed by atoms with van der Waals surface area (Å²) in [5.41, 5.74) is 2.60. The molecule has 2 aromatic carbocycles. The van der Waals surface area contributed by atoms with Crippen LogP contribution in [0.15, 0.2) is 54.6 Å². The molecule has 6 heteroatoms. The number of pyridine rings is 1. The van der Waals surface area contributed by atoms with Gasteiger partial charge in [0.2, 0.25) is 5.91 Å². The van der Waals surface area contributed by atoms with Crippen molar-refractivity contribution < 1.29 is 9.53 Å². The summed E-state index contributed by atoms with van der Waals surface area (Å²) < 4.78 is 6.96. The molecule has 1 N–H and O–H groups in total. The van der Waals surface area contributed by atoms with Gasteiger partial charge in [0.25, 0.3) is 0 Å². The number of carbonyl (C=O) groups is 1. The van der Waals surface area contributed by atoms with Gasteiger partial charge in [0, 0.05) is 11.9 Å². The third-order valence-corrected chi connectivity index (χ3v) is 4.51. The van der Waals surface area contributed by atoms with Crippen molar-refractivity contribution in [3.8, 4) is 5.75 Å². The number of ether oxygens (including phenoxy) is 1. The molecule has 0 saturated heterocycles. The zero-order valence-corrected chi connectivity index (χ0v) is 15.3. The maximum Gasteiger partial charge on any atom is 0.230 e. The minimum absolute atomic E-state index is 0.115. The van der Waals surface area contributed by atoms with E-state index in [0.29, 0.717) is 12.4 Å².